The Labute approximate surface area is 181 Å². The molecular formula is C21H19F3N4O2S. The summed E-state index contributed by atoms with van der Waals surface area (Å²) in [6.45, 7) is 6.16. The lowest BCUT2D eigenvalue weighted by molar-refractivity contribution is -0.274. The highest BCUT2D eigenvalue weighted by atomic mass is 32.2. The van der Waals surface area contributed by atoms with Crippen LogP contribution in [0.15, 0.2) is 66.3 Å². The summed E-state index contributed by atoms with van der Waals surface area (Å²) in [5.41, 5.74) is 1.91. The molecule has 0 aliphatic heterocycles. The number of anilines is 1. The zero-order valence-electron chi connectivity index (χ0n) is 16.5. The number of aromatic nitrogens is 3. The van der Waals surface area contributed by atoms with Crippen LogP contribution < -0.4 is 10.1 Å². The van der Waals surface area contributed by atoms with E-state index in [0.717, 1.165) is 29.0 Å². The van der Waals surface area contributed by atoms with Crippen molar-refractivity contribution in [2.24, 2.45) is 0 Å². The van der Waals surface area contributed by atoms with Crippen molar-refractivity contribution in [3.63, 3.8) is 0 Å². The Kier molecular flexibility index (Phi) is 7.01. The number of carbonyl (C=O) groups excluding carboxylic acids is 1. The van der Waals surface area contributed by atoms with Crippen molar-refractivity contribution in [2.75, 3.05) is 11.1 Å². The lowest BCUT2D eigenvalue weighted by Crippen LogP contribution is -2.20. The first-order chi connectivity index (χ1) is 14.8. The summed E-state index contributed by atoms with van der Waals surface area (Å²) < 4.78 is 43.4. The zero-order valence-corrected chi connectivity index (χ0v) is 17.3. The number of benzene rings is 2. The third-order valence-corrected chi connectivity index (χ3v) is 5.02. The molecule has 0 atom stereocenters. The van der Waals surface area contributed by atoms with Crippen molar-refractivity contribution in [1.29, 1.82) is 0 Å². The molecule has 0 radical (unpaired) electrons. The van der Waals surface area contributed by atoms with E-state index in [1.54, 1.807) is 6.08 Å². The van der Waals surface area contributed by atoms with E-state index in [2.05, 4.69) is 26.8 Å². The molecule has 2 aromatic carbocycles. The third-order valence-electron chi connectivity index (χ3n) is 4.06. The topological polar surface area (TPSA) is 69.0 Å². The van der Waals surface area contributed by atoms with Gasteiger partial charge in [-0.15, -0.1) is 29.9 Å². The standard InChI is InChI=1S/C21H19F3N4O2S/c1-3-12-28-19(15-10-8-14(2)9-11-15)26-27-20(28)31-13-18(29)25-16-6-4-5-7-17(16)30-21(22,23)24/h3-11H,1,12-13H2,2H3,(H,25,29). The quantitative estimate of drug-likeness (QED) is 0.385. The van der Waals surface area contributed by atoms with Crippen LogP contribution in [0, 0.1) is 6.92 Å². The highest BCUT2D eigenvalue weighted by Crippen LogP contribution is 2.30. The number of hydrogen-bond donors (Lipinski definition) is 1. The average Bonchev–Trinajstić information content (AvgIpc) is 3.10. The van der Waals surface area contributed by atoms with E-state index in [-0.39, 0.29) is 11.4 Å². The first kappa shape index (κ1) is 22.4. The van der Waals surface area contributed by atoms with E-state index in [1.165, 1.54) is 18.2 Å². The summed E-state index contributed by atoms with van der Waals surface area (Å²) in [5.74, 6) is -0.436. The normalized spacial score (nSPS) is 11.2. The molecule has 1 aromatic heterocycles. The summed E-state index contributed by atoms with van der Waals surface area (Å²) in [5, 5.41) is 11.3. The molecule has 0 unspecified atom stereocenters. The Hall–Kier alpha value is -3.27. The Morgan fingerprint density at radius 3 is 2.58 bits per heavy atom. The maximum atomic E-state index is 12.5. The molecular weight excluding hydrogens is 429 g/mol. The van der Waals surface area contributed by atoms with Crippen molar-refractivity contribution in [2.45, 2.75) is 25.0 Å². The fourth-order valence-corrected chi connectivity index (χ4v) is 3.45. The predicted molar refractivity (Wildman–Crippen MR) is 113 cm³/mol. The van der Waals surface area contributed by atoms with Gasteiger partial charge in [0, 0.05) is 12.1 Å². The van der Waals surface area contributed by atoms with Crippen LogP contribution in [0.4, 0.5) is 18.9 Å². The fourth-order valence-electron chi connectivity index (χ4n) is 2.71. The number of nitrogens with zero attached hydrogens (tertiary/aromatic N) is 3. The number of hydrogen-bond acceptors (Lipinski definition) is 5. The molecule has 3 rings (SSSR count). The van der Waals surface area contributed by atoms with Gasteiger partial charge in [-0.3, -0.25) is 9.36 Å². The van der Waals surface area contributed by atoms with Gasteiger partial charge in [0.2, 0.25) is 5.91 Å². The molecule has 10 heteroatoms. The van der Waals surface area contributed by atoms with E-state index in [4.69, 9.17) is 0 Å². The zero-order chi connectivity index (χ0) is 22.4. The second kappa shape index (κ2) is 9.69. The summed E-state index contributed by atoms with van der Waals surface area (Å²) in [6, 6.07) is 13.1. The highest BCUT2D eigenvalue weighted by Gasteiger charge is 2.32. The van der Waals surface area contributed by atoms with Crippen molar-refractivity contribution in [3.8, 4) is 17.1 Å². The lowest BCUT2D eigenvalue weighted by atomic mass is 10.1. The maximum Gasteiger partial charge on any atom is 0.573 e. The lowest BCUT2D eigenvalue weighted by Gasteiger charge is -2.13. The van der Waals surface area contributed by atoms with E-state index >= 15 is 0 Å². The molecule has 0 spiro atoms. The Bertz CT molecular complexity index is 1070. The maximum absolute atomic E-state index is 12.5. The summed E-state index contributed by atoms with van der Waals surface area (Å²) in [4.78, 5) is 12.3. The van der Waals surface area contributed by atoms with Gasteiger partial charge < -0.3 is 10.1 Å². The van der Waals surface area contributed by atoms with Gasteiger partial charge in [0.25, 0.3) is 0 Å². The minimum Gasteiger partial charge on any atom is -0.404 e. The van der Waals surface area contributed by atoms with Crippen LogP contribution >= 0.6 is 11.8 Å². The molecule has 1 N–H and O–H groups in total. The molecule has 0 saturated heterocycles. The SMILES string of the molecule is C=CCn1c(SCC(=O)Nc2ccccc2OC(F)(F)F)nnc1-c1ccc(C)cc1. The highest BCUT2D eigenvalue weighted by molar-refractivity contribution is 7.99. The number of halogens is 3. The van der Waals surface area contributed by atoms with Crippen LogP contribution in [0.1, 0.15) is 5.56 Å². The van der Waals surface area contributed by atoms with Gasteiger partial charge in [0.05, 0.1) is 11.4 Å². The number of alkyl halides is 3. The van der Waals surface area contributed by atoms with Crippen LogP contribution in [-0.2, 0) is 11.3 Å². The molecule has 1 heterocycles. The van der Waals surface area contributed by atoms with Crippen LogP contribution in [0.3, 0.4) is 0 Å². The summed E-state index contributed by atoms with van der Waals surface area (Å²) >= 11 is 1.12. The van der Waals surface area contributed by atoms with E-state index in [0.29, 0.717) is 17.5 Å². The van der Waals surface area contributed by atoms with Gasteiger partial charge >= 0.3 is 6.36 Å². The molecule has 162 valence electrons. The van der Waals surface area contributed by atoms with Crippen molar-refractivity contribution in [3.05, 3.63) is 66.7 Å². The molecule has 0 fully saturated rings. The number of ether oxygens (including phenoxy) is 1. The van der Waals surface area contributed by atoms with Crippen LogP contribution in [0.5, 0.6) is 5.75 Å². The molecule has 3 aromatic rings. The smallest absolute Gasteiger partial charge is 0.404 e. The number of amides is 1. The van der Waals surface area contributed by atoms with E-state index < -0.39 is 18.0 Å². The van der Waals surface area contributed by atoms with Gasteiger partial charge in [-0.05, 0) is 19.1 Å². The van der Waals surface area contributed by atoms with E-state index in [1.807, 2.05) is 35.8 Å². The second-order valence-electron chi connectivity index (χ2n) is 6.45. The van der Waals surface area contributed by atoms with Gasteiger partial charge in [-0.2, -0.15) is 0 Å². The Balaban J connectivity index is 1.71. The van der Waals surface area contributed by atoms with E-state index in [9.17, 15) is 18.0 Å². The number of para-hydroxylation sites is 2. The Morgan fingerprint density at radius 2 is 1.90 bits per heavy atom. The second-order valence-corrected chi connectivity index (χ2v) is 7.39. The number of aryl methyl sites for hydroxylation is 1. The number of rotatable bonds is 8. The van der Waals surface area contributed by atoms with Gasteiger partial charge in [0.15, 0.2) is 16.7 Å². The van der Waals surface area contributed by atoms with Crippen LogP contribution in [0.25, 0.3) is 11.4 Å². The van der Waals surface area contributed by atoms with Crippen molar-refractivity contribution >= 4 is 23.4 Å². The minimum atomic E-state index is -4.86. The van der Waals surface area contributed by atoms with Gasteiger partial charge in [0.1, 0.15) is 0 Å². The minimum absolute atomic E-state index is 0.0710. The number of nitrogens with one attached hydrogen (secondary N) is 1. The summed E-state index contributed by atoms with van der Waals surface area (Å²) in [7, 11) is 0. The molecule has 0 aliphatic rings. The Morgan fingerprint density at radius 1 is 1.19 bits per heavy atom. The van der Waals surface area contributed by atoms with Crippen LogP contribution in [-0.4, -0.2) is 32.8 Å². The predicted octanol–water partition coefficient (Wildman–Crippen LogP) is 5.07. The first-order valence-electron chi connectivity index (χ1n) is 9.15. The van der Waals surface area contributed by atoms with Crippen molar-refractivity contribution in [1.82, 2.24) is 14.8 Å². The molecule has 6 nitrogen and oxygen atoms in total. The largest absolute Gasteiger partial charge is 0.573 e. The summed E-state index contributed by atoms with van der Waals surface area (Å²) in [6.07, 6.45) is -3.17. The van der Waals surface area contributed by atoms with Crippen LogP contribution in [0.2, 0.25) is 0 Å². The molecule has 1 amide bonds. The third kappa shape index (κ3) is 6.11. The number of allylic oxidation sites excluding steroid dienone is 1. The molecule has 0 saturated carbocycles. The molecule has 0 aliphatic carbocycles. The number of carbonyl (C=O) groups is 1. The van der Waals surface area contributed by atoms with Gasteiger partial charge in [-0.25, -0.2) is 0 Å². The van der Waals surface area contributed by atoms with Crippen molar-refractivity contribution < 1.29 is 22.7 Å². The molecule has 0 bridgehead atoms. The van der Waals surface area contributed by atoms with Gasteiger partial charge in [-0.1, -0.05) is 59.8 Å². The average molecular weight is 448 g/mol. The number of thioether (sulfide) groups is 1. The first-order valence-corrected chi connectivity index (χ1v) is 10.1. The monoisotopic (exact) mass is 448 g/mol. The fraction of sp³-hybridized carbons (Fsp3) is 0.190. The molecule has 31 heavy (non-hydrogen) atoms.